The molecule has 134 valence electrons. The molecule has 0 fully saturated rings. The minimum atomic E-state index is -0.627. The lowest BCUT2D eigenvalue weighted by atomic mass is 10.3. The molecule has 0 unspecified atom stereocenters. The maximum atomic E-state index is 12.1. The van der Waals surface area contributed by atoms with Crippen molar-refractivity contribution in [2.45, 2.75) is 13.0 Å². The molecular weight excluding hydrogens is 322 g/mol. The molecule has 0 spiro atoms. The van der Waals surface area contributed by atoms with Crippen LogP contribution >= 0.6 is 0 Å². The summed E-state index contributed by atoms with van der Waals surface area (Å²) in [6.45, 7) is 2.39. The van der Waals surface area contributed by atoms with Crippen LogP contribution in [-0.2, 0) is 4.79 Å². The standard InChI is InChI=1S/C19H23NO5/c1-14(25-16-8-6-7-15(13-16)22-2)19(21)20-11-12-24-18-10-5-4-9-17(18)23-3/h4-10,13-14H,11-12H2,1-3H3,(H,20,21)/t14-/m1/s1. The van der Waals surface area contributed by atoms with Crippen LogP contribution in [0.5, 0.6) is 23.0 Å². The number of rotatable bonds is 9. The zero-order valence-electron chi connectivity index (χ0n) is 14.7. The zero-order valence-corrected chi connectivity index (χ0v) is 14.7. The monoisotopic (exact) mass is 345 g/mol. The summed E-state index contributed by atoms with van der Waals surface area (Å²) >= 11 is 0. The summed E-state index contributed by atoms with van der Waals surface area (Å²) in [6, 6.07) is 14.5. The number of carbonyl (C=O) groups is 1. The van der Waals surface area contributed by atoms with E-state index in [9.17, 15) is 4.79 Å². The van der Waals surface area contributed by atoms with Crippen molar-refractivity contribution >= 4 is 5.91 Å². The van der Waals surface area contributed by atoms with E-state index in [1.54, 1.807) is 39.3 Å². The second-order valence-electron chi connectivity index (χ2n) is 5.23. The van der Waals surface area contributed by atoms with Crippen molar-refractivity contribution in [3.05, 3.63) is 48.5 Å². The minimum Gasteiger partial charge on any atom is -0.497 e. The summed E-state index contributed by atoms with van der Waals surface area (Å²) in [4.78, 5) is 12.1. The Hall–Kier alpha value is -2.89. The first-order valence-electron chi connectivity index (χ1n) is 7.98. The summed E-state index contributed by atoms with van der Waals surface area (Å²) in [5.74, 6) is 2.33. The second-order valence-corrected chi connectivity index (χ2v) is 5.23. The highest BCUT2D eigenvalue weighted by molar-refractivity contribution is 5.80. The third-order valence-corrected chi connectivity index (χ3v) is 3.45. The van der Waals surface area contributed by atoms with Gasteiger partial charge >= 0.3 is 0 Å². The fraction of sp³-hybridized carbons (Fsp3) is 0.316. The van der Waals surface area contributed by atoms with Gasteiger partial charge in [-0.1, -0.05) is 18.2 Å². The fourth-order valence-corrected chi connectivity index (χ4v) is 2.15. The molecule has 0 aliphatic rings. The smallest absolute Gasteiger partial charge is 0.260 e. The molecule has 1 atom stereocenters. The molecular formula is C19H23NO5. The highest BCUT2D eigenvalue weighted by atomic mass is 16.5. The molecule has 6 nitrogen and oxygen atoms in total. The van der Waals surface area contributed by atoms with Crippen molar-refractivity contribution in [1.82, 2.24) is 5.32 Å². The maximum absolute atomic E-state index is 12.1. The molecule has 0 aliphatic carbocycles. The van der Waals surface area contributed by atoms with E-state index in [2.05, 4.69) is 5.32 Å². The Morgan fingerprint density at radius 2 is 1.72 bits per heavy atom. The topological polar surface area (TPSA) is 66.0 Å². The molecule has 25 heavy (non-hydrogen) atoms. The molecule has 0 aromatic heterocycles. The Morgan fingerprint density at radius 3 is 2.44 bits per heavy atom. The number of benzene rings is 2. The number of hydrogen-bond donors (Lipinski definition) is 1. The van der Waals surface area contributed by atoms with Crippen molar-refractivity contribution in [2.75, 3.05) is 27.4 Å². The van der Waals surface area contributed by atoms with Gasteiger partial charge in [0.2, 0.25) is 0 Å². The van der Waals surface area contributed by atoms with Gasteiger partial charge < -0.3 is 24.3 Å². The number of carbonyl (C=O) groups excluding carboxylic acids is 1. The van der Waals surface area contributed by atoms with Gasteiger partial charge in [-0.25, -0.2) is 0 Å². The van der Waals surface area contributed by atoms with Crippen molar-refractivity contribution in [3.63, 3.8) is 0 Å². The van der Waals surface area contributed by atoms with E-state index >= 15 is 0 Å². The SMILES string of the molecule is COc1cccc(O[C@H](C)C(=O)NCCOc2ccccc2OC)c1. The van der Waals surface area contributed by atoms with E-state index in [0.29, 0.717) is 36.1 Å². The van der Waals surface area contributed by atoms with Crippen molar-refractivity contribution < 1.29 is 23.7 Å². The van der Waals surface area contributed by atoms with Crippen LogP contribution in [-0.4, -0.2) is 39.4 Å². The van der Waals surface area contributed by atoms with Gasteiger partial charge in [0, 0.05) is 6.07 Å². The van der Waals surface area contributed by atoms with Crippen molar-refractivity contribution in [1.29, 1.82) is 0 Å². The molecule has 2 aromatic carbocycles. The van der Waals surface area contributed by atoms with Crippen LogP contribution in [0.25, 0.3) is 0 Å². The van der Waals surface area contributed by atoms with E-state index in [1.165, 1.54) is 0 Å². The van der Waals surface area contributed by atoms with E-state index in [4.69, 9.17) is 18.9 Å². The summed E-state index contributed by atoms with van der Waals surface area (Å²) in [7, 11) is 3.17. The summed E-state index contributed by atoms with van der Waals surface area (Å²) in [6.07, 6.45) is -0.627. The van der Waals surface area contributed by atoms with Crippen LogP contribution in [0.3, 0.4) is 0 Å². The number of ether oxygens (including phenoxy) is 4. The molecule has 0 saturated heterocycles. The molecule has 6 heteroatoms. The van der Waals surface area contributed by atoms with Crippen LogP contribution in [0.2, 0.25) is 0 Å². The largest absolute Gasteiger partial charge is 0.497 e. The van der Waals surface area contributed by atoms with Gasteiger partial charge in [0.05, 0.1) is 20.8 Å². The highest BCUT2D eigenvalue weighted by Crippen LogP contribution is 2.25. The molecule has 0 radical (unpaired) electrons. The van der Waals surface area contributed by atoms with Gasteiger partial charge in [0.25, 0.3) is 5.91 Å². The molecule has 0 heterocycles. The van der Waals surface area contributed by atoms with Gasteiger partial charge in [-0.05, 0) is 31.2 Å². The van der Waals surface area contributed by atoms with Crippen LogP contribution in [0.1, 0.15) is 6.92 Å². The third kappa shape index (κ3) is 5.60. The Kier molecular flexibility index (Phi) is 6.95. The predicted molar refractivity (Wildman–Crippen MR) is 94.6 cm³/mol. The van der Waals surface area contributed by atoms with E-state index in [-0.39, 0.29) is 5.91 Å². The van der Waals surface area contributed by atoms with Crippen LogP contribution < -0.4 is 24.3 Å². The molecule has 1 N–H and O–H groups in total. The molecule has 0 aliphatic heterocycles. The lowest BCUT2D eigenvalue weighted by molar-refractivity contribution is -0.127. The summed E-state index contributed by atoms with van der Waals surface area (Å²) in [5, 5.41) is 2.78. The summed E-state index contributed by atoms with van der Waals surface area (Å²) < 4.78 is 21.6. The van der Waals surface area contributed by atoms with E-state index in [1.807, 2.05) is 30.3 Å². The van der Waals surface area contributed by atoms with Gasteiger partial charge in [0.1, 0.15) is 18.1 Å². The van der Waals surface area contributed by atoms with Crippen LogP contribution in [0, 0.1) is 0 Å². The quantitative estimate of drug-likeness (QED) is 0.708. The normalized spacial score (nSPS) is 11.3. The fourth-order valence-electron chi connectivity index (χ4n) is 2.15. The minimum absolute atomic E-state index is 0.216. The number of hydrogen-bond acceptors (Lipinski definition) is 5. The summed E-state index contributed by atoms with van der Waals surface area (Å²) in [5.41, 5.74) is 0. The highest BCUT2D eigenvalue weighted by Gasteiger charge is 2.14. The Labute approximate surface area is 147 Å². The van der Waals surface area contributed by atoms with Gasteiger partial charge in [-0.3, -0.25) is 4.79 Å². The lowest BCUT2D eigenvalue weighted by Gasteiger charge is -2.15. The van der Waals surface area contributed by atoms with Gasteiger partial charge in [-0.2, -0.15) is 0 Å². The van der Waals surface area contributed by atoms with Gasteiger partial charge in [0.15, 0.2) is 17.6 Å². The molecule has 1 amide bonds. The zero-order chi connectivity index (χ0) is 18.1. The molecule has 2 aromatic rings. The predicted octanol–water partition coefficient (Wildman–Crippen LogP) is 2.67. The molecule has 0 bridgehead atoms. The van der Waals surface area contributed by atoms with Crippen molar-refractivity contribution in [2.24, 2.45) is 0 Å². The third-order valence-electron chi connectivity index (χ3n) is 3.45. The number of nitrogens with one attached hydrogen (secondary N) is 1. The number of para-hydroxylation sites is 2. The molecule has 2 rings (SSSR count). The average Bonchev–Trinajstić information content (AvgIpc) is 2.65. The van der Waals surface area contributed by atoms with Crippen LogP contribution in [0.4, 0.5) is 0 Å². The first kappa shape index (κ1) is 18.4. The molecule has 0 saturated carbocycles. The van der Waals surface area contributed by atoms with Crippen molar-refractivity contribution in [3.8, 4) is 23.0 Å². The Bertz CT molecular complexity index is 689. The number of methoxy groups -OCH3 is 2. The lowest BCUT2D eigenvalue weighted by Crippen LogP contribution is -2.38. The van der Waals surface area contributed by atoms with Crippen LogP contribution in [0.15, 0.2) is 48.5 Å². The maximum Gasteiger partial charge on any atom is 0.260 e. The Balaban J connectivity index is 1.75. The average molecular weight is 345 g/mol. The number of amides is 1. The first-order valence-corrected chi connectivity index (χ1v) is 7.98. The Morgan fingerprint density at radius 1 is 1.00 bits per heavy atom. The second kappa shape index (κ2) is 9.42. The first-order chi connectivity index (χ1) is 12.1. The van der Waals surface area contributed by atoms with E-state index < -0.39 is 6.10 Å². The van der Waals surface area contributed by atoms with E-state index in [0.717, 1.165) is 0 Å². The van der Waals surface area contributed by atoms with Gasteiger partial charge in [-0.15, -0.1) is 0 Å².